The van der Waals surface area contributed by atoms with Crippen LogP contribution in [0.5, 0.6) is 0 Å². The highest BCUT2D eigenvalue weighted by Crippen LogP contribution is 2.36. The minimum absolute atomic E-state index is 0.0300. The van der Waals surface area contributed by atoms with Crippen LogP contribution in [0.1, 0.15) is 57.8 Å². The van der Waals surface area contributed by atoms with Gasteiger partial charge in [-0.3, -0.25) is 0 Å². The van der Waals surface area contributed by atoms with Gasteiger partial charge in [0.15, 0.2) is 0 Å². The zero-order valence-corrected chi connectivity index (χ0v) is 12.1. The summed E-state index contributed by atoms with van der Waals surface area (Å²) >= 11 is 0. The summed E-state index contributed by atoms with van der Waals surface area (Å²) < 4.78 is 0. The number of carbonyl (C=O) groups excluding carboxylic acids is 1. The number of aliphatic carboxylic acids is 1. The molecule has 1 heterocycles. The predicted octanol–water partition coefficient (Wildman–Crippen LogP) is -0.834. The van der Waals surface area contributed by atoms with Crippen LogP contribution in [0.4, 0.5) is 0 Å². The highest BCUT2D eigenvalue weighted by atomic mass is 16.4. The van der Waals surface area contributed by atoms with Gasteiger partial charge < -0.3 is 20.3 Å². The van der Waals surface area contributed by atoms with Gasteiger partial charge in [-0.2, -0.15) is 0 Å². The molecule has 0 spiro atoms. The zero-order valence-electron chi connectivity index (χ0n) is 12.1. The number of hydrogen-bond donors (Lipinski definition) is 1. The second-order valence-electron chi connectivity index (χ2n) is 7.09. The fourth-order valence-corrected chi connectivity index (χ4v) is 5.00. The lowest BCUT2D eigenvalue weighted by Gasteiger charge is -2.53. The fourth-order valence-electron chi connectivity index (χ4n) is 5.00. The number of rotatable bonds is 2. The van der Waals surface area contributed by atoms with E-state index < -0.39 is 18.0 Å². The Kier molecular flexibility index (Phi) is 4.32. The van der Waals surface area contributed by atoms with Crippen molar-refractivity contribution in [1.29, 1.82) is 0 Å². The van der Waals surface area contributed by atoms with Gasteiger partial charge in [0.2, 0.25) is 0 Å². The van der Waals surface area contributed by atoms with Crippen LogP contribution >= 0.6 is 0 Å². The Bertz CT molecular complexity index is 354. The molecule has 0 aromatic carbocycles. The topological polar surface area (TPSA) is 79.8 Å². The van der Waals surface area contributed by atoms with Crippen LogP contribution in [0.15, 0.2) is 0 Å². The normalized spacial score (nSPS) is 43.0. The average Bonchev–Trinajstić information content (AvgIpc) is 2.47. The standard InChI is InChI=1S/C16H26NO3/c18-15-13(16(19)20)11-8-4-5-9-12(11)17-14(15)10-6-2-1-3-7-10/h10-15,17H,1-9H2,(H,19,20)/q-1. The molecule has 2 saturated carbocycles. The molecule has 3 rings (SSSR count). The molecule has 5 atom stereocenters. The van der Waals surface area contributed by atoms with Crippen molar-refractivity contribution < 1.29 is 20.3 Å². The maximum absolute atomic E-state index is 12.8. The van der Waals surface area contributed by atoms with Crippen molar-refractivity contribution in [1.82, 2.24) is 0 Å². The molecular formula is C16H26NO3-. The summed E-state index contributed by atoms with van der Waals surface area (Å²) in [6.45, 7) is 0. The number of piperidine rings is 1. The Balaban J connectivity index is 1.79. The minimum Gasteiger partial charge on any atom is -0.847 e. The average molecular weight is 280 g/mol. The quantitative estimate of drug-likeness (QED) is 0.717. The number of carboxylic acid groups (broad SMARTS) is 1. The van der Waals surface area contributed by atoms with E-state index in [2.05, 4.69) is 5.32 Å². The molecular weight excluding hydrogens is 254 g/mol. The highest BCUT2D eigenvalue weighted by Gasteiger charge is 2.46. The van der Waals surface area contributed by atoms with Crippen LogP contribution in [0.25, 0.3) is 0 Å². The third-order valence-corrected chi connectivity index (χ3v) is 6.01. The van der Waals surface area contributed by atoms with Crippen LogP contribution in [-0.2, 0) is 4.79 Å². The Morgan fingerprint density at radius 1 is 0.950 bits per heavy atom. The zero-order chi connectivity index (χ0) is 14.1. The first-order chi connectivity index (χ1) is 9.68. The van der Waals surface area contributed by atoms with E-state index in [1.807, 2.05) is 0 Å². The number of carboxylic acids is 1. The van der Waals surface area contributed by atoms with Crippen molar-refractivity contribution >= 4 is 5.97 Å². The van der Waals surface area contributed by atoms with Gasteiger partial charge in [0.1, 0.15) is 0 Å². The third-order valence-electron chi connectivity index (χ3n) is 6.01. The molecule has 1 saturated heterocycles. The first-order valence-electron chi connectivity index (χ1n) is 8.40. The number of quaternary nitrogens is 1. The number of carbonyl (C=O) groups is 1. The Morgan fingerprint density at radius 2 is 1.60 bits per heavy atom. The van der Waals surface area contributed by atoms with Gasteiger partial charge in [-0.25, -0.2) is 0 Å². The maximum Gasteiger partial charge on any atom is 0.0895 e. The smallest absolute Gasteiger partial charge is 0.0895 e. The summed E-state index contributed by atoms with van der Waals surface area (Å²) in [6, 6.07) is 0.321. The van der Waals surface area contributed by atoms with Crippen LogP contribution in [0.2, 0.25) is 0 Å². The van der Waals surface area contributed by atoms with E-state index in [-0.39, 0.29) is 12.0 Å². The SMILES string of the molecule is O=C([O-])C1C([O-])C(C2CCCCC2)[NH2+]C2CCCCC21. The molecule has 0 radical (unpaired) electrons. The van der Waals surface area contributed by atoms with Gasteiger partial charge in [-0.15, -0.1) is 0 Å². The molecule has 3 fully saturated rings. The van der Waals surface area contributed by atoms with Gasteiger partial charge in [0, 0.05) is 23.7 Å². The van der Waals surface area contributed by atoms with E-state index >= 15 is 0 Å². The Labute approximate surface area is 120 Å². The van der Waals surface area contributed by atoms with Crippen LogP contribution in [-0.4, -0.2) is 24.2 Å². The minimum atomic E-state index is -1.09. The van der Waals surface area contributed by atoms with Gasteiger partial charge in [-0.1, -0.05) is 31.8 Å². The van der Waals surface area contributed by atoms with Crippen molar-refractivity contribution in [3.05, 3.63) is 0 Å². The third kappa shape index (κ3) is 2.60. The van der Waals surface area contributed by atoms with Crippen molar-refractivity contribution in [2.45, 2.75) is 76.0 Å². The molecule has 0 amide bonds. The summed E-state index contributed by atoms with van der Waals surface area (Å²) in [4.78, 5) is 11.5. The number of hydrogen-bond acceptors (Lipinski definition) is 3. The lowest BCUT2D eigenvalue weighted by Crippen LogP contribution is -3.04. The van der Waals surface area contributed by atoms with Crippen LogP contribution in [0.3, 0.4) is 0 Å². The lowest BCUT2D eigenvalue weighted by atomic mass is 9.66. The first kappa shape index (κ1) is 14.3. The molecule has 4 nitrogen and oxygen atoms in total. The Morgan fingerprint density at radius 3 is 2.30 bits per heavy atom. The van der Waals surface area contributed by atoms with Crippen LogP contribution in [0, 0.1) is 17.8 Å². The van der Waals surface area contributed by atoms with Crippen molar-refractivity contribution in [3.8, 4) is 0 Å². The largest absolute Gasteiger partial charge is 0.847 e. The van der Waals surface area contributed by atoms with E-state index in [0.717, 1.165) is 32.1 Å². The van der Waals surface area contributed by atoms with Gasteiger partial charge >= 0.3 is 0 Å². The molecule has 0 bridgehead atoms. The monoisotopic (exact) mass is 280 g/mol. The summed E-state index contributed by atoms with van der Waals surface area (Å²) in [6.07, 6.45) is 9.13. The molecule has 0 aromatic rings. The van der Waals surface area contributed by atoms with Gasteiger partial charge in [0.05, 0.1) is 12.1 Å². The summed E-state index contributed by atoms with van der Waals surface area (Å²) in [5, 5.41) is 26.6. The first-order valence-corrected chi connectivity index (χ1v) is 8.40. The summed E-state index contributed by atoms with van der Waals surface area (Å²) in [7, 11) is 0. The summed E-state index contributed by atoms with van der Waals surface area (Å²) in [5.74, 6) is -1.36. The van der Waals surface area contributed by atoms with E-state index in [1.54, 1.807) is 0 Å². The number of nitrogens with two attached hydrogens (primary N) is 1. The van der Waals surface area contributed by atoms with E-state index in [1.165, 1.54) is 25.7 Å². The van der Waals surface area contributed by atoms with E-state index in [4.69, 9.17) is 0 Å². The molecule has 20 heavy (non-hydrogen) atoms. The molecule has 2 aliphatic carbocycles. The van der Waals surface area contributed by atoms with E-state index in [9.17, 15) is 15.0 Å². The second-order valence-corrected chi connectivity index (χ2v) is 7.09. The van der Waals surface area contributed by atoms with Gasteiger partial charge in [0.25, 0.3) is 0 Å². The molecule has 5 unspecified atom stereocenters. The number of fused-ring (bicyclic) bond motifs is 1. The van der Waals surface area contributed by atoms with Crippen molar-refractivity contribution in [2.24, 2.45) is 17.8 Å². The van der Waals surface area contributed by atoms with Crippen molar-refractivity contribution in [3.63, 3.8) is 0 Å². The summed E-state index contributed by atoms with van der Waals surface area (Å²) in [5.41, 5.74) is 0. The lowest BCUT2D eigenvalue weighted by molar-refractivity contribution is -0.775. The van der Waals surface area contributed by atoms with Crippen molar-refractivity contribution in [2.75, 3.05) is 0 Å². The molecule has 3 aliphatic rings. The van der Waals surface area contributed by atoms with E-state index in [0.29, 0.717) is 12.0 Å². The molecule has 2 N–H and O–H groups in total. The van der Waals surface area contributed by atoms with Gasteiger partial charge in [-0.05, 0) is 32.1 Å². The highest BCUT2D eigenvalue weighted by molar-refractivity contribution is 5.69. The molecule has 4 heteroatoms. The predicted molar refractivity (Wildman–Crippen MR) is 70.3 cm³/mol. The van der Waals surface area contributed by atoms with Crippen LogP contribution < -0.4 is 15.5 Å². The second kappa shape index (κ2) is 6.02. The maximum atomic E-state index is 12.8. The molecule has 114 valence electrons. The Hall–Kier alpha value is -0.610. The molecule has 1 aliphatic heterocycles. The fraction of sp³-hybridized carbons (Fsp3) is 0.938. The molecule has 0 aromatic heterocycles.